The molecule has 2 N–H and O–H groups in total. The van der Waals surface area contributed by atoms with Gasteiger partial charge in [0.05, 0.1) is 12.1 Å². The fraction of sp³-hybridized carbons (Fsp3) is 0.688. The van der Waals surface area contributed by atoms with Crippen LogP contribution in [0.25, 0.3) is 0 Å². The number of carbonyl (C=O) groups excluding carboxylic acids is 1. The molecule has 0 spiro atoms. The fourth-order valence-corrected chi connectivity index (χ4v) is 2.86. The molecule has 0 aliphatic carbocycles. The first kappa shape index (κ1) is 18.1. The molecule has 1 aromatic rings. The van der Waals surface area contributed by atoms with Gasteiger partial charge in [-0.2, -0.15) is 0 Å². The molecular weight excluding hydrogens is 288 g/mol. The van der Waals surface area contributed by atoms with Gasteiger partial charge < -0.3 is 15.1 Å². The topological polar surface area (TPSA) is 59.5 Å². The van der Waals surface area contributed by atoms with Crippen LogP contribution in [-0.4, -0.2) is 23.4 Å². The van der Waals surface area contributed by atoms with Gasteiger partial charge in [-0.1, -0.05) is 13.8 Å². The third-order valence-electron chi connectivity index (χ3n) is 4.07. The number of halogens is 1. The second-order valence-corrected chi connectivity index (χ2v) is 6.13. The maximum absolute atomic E-state index is 12.6. The third kappa shape index (κ3) is 4.75. The number of hydrogen-bond donors (Lipinski definition) is 1. The van der Waals surface area contributed by atoms with Gasteiger partial charge >= 0.3 is 0 Å². The van der Waals surface area contributed by atoms with Crippen LogP contribution >= 0.6 is 12.4 Å². The minimum atomic E-state index is 0. The van der Waals surface area contributed by atoms with Crippen molar-refractivity contribution in [2.75, 3.05) is 6.54 Å². The van der Waals surface area contributed by atoms with E-state index in [1.54, 1.807) is 12.3 Å². The fourth-order valence-electron chi connectivity index (χ4n) is 2.86. The molecule has 1 atom stereocenters. The average molecular weight is 315 g/mol. The number of likely N-dealkylation sites (tertiary alicyclic amines) is 1. The van der Waals surface area contributed by atoms with Gasteiger partial charge in [0.1, 0.15) is 12.0 Å². The average Bonchev–Trinajstić information content (AvgIpc) is 2.93. The highest BCUT2D eigenvalue weighted by Crippen LogP contribution is 2.25. The van der Waals surface area contributed by atoms with E-state index < -0.39 is 0 Å². The Kier molecular flexibility index (Phi) is 7.26. The summed E-state index contributed by atoms with van der Waals surface area (Å²) in [5.74, 6) is 1.46. The van der Waals surface area contributed by atoms with Crippen LogP contribution in [0.3, 0.4) is 0 Å². The van der Waals surface area contributed by atoms with E-state index in [4.69, 9.17) is 10.2 Å². The molecular formula is C16H27ClN2O2. The highest BCUT2D eigenvalue weighted by atomic mass is 35.5. The van der Waals surface area contributed by atoms with Crippen LogP contribution in [0.2, 0.25) is 0 Å². The SMILES string of the molecule is CC(C)CCC1CCCCN1C(=O)c1coc(CN)c1.Cl. The Hall–Kier alpha value is -1.00. The molecule has 5 heteroatoms. The van der Waals surface area contributed by atoms with E-state index in [1.807, 2.05) is 4.90 Å². The second-order valence-electron chi connectivity index (χ2n) is 6.13. The van der Waals surface area contributed by atoms with Gasteiger partial charge in [0.25, 0.3) is 5.91 Å². The van der Waals surface area contributed by atoms with Crippen molar-refractivity contribution >= 4 is 18.3 Å². The minimum Gasteiger partial charge on any atom is -0.467 e. The largest absolute Gasteiger partial charge is 0.467 e. The first-order chi connectivity index (χ1) is 9.61. The van der Waals surface area contributed by atoms with Gasteiger partial charge in [-0.15, -0.1) is 12.4 Å². The second kappa shape index (κ2) is 8.44. The molecule has 2 rings (SSSR count). The van der Waals surface area contributed by atoms with Gasteiger partial charge in [0, 0.05) is 12.6 Å². The van der Waals surface area contributed by atoms with Gasteiger partial charge in [0.2, 0.25) is 0 Å². The van der Waals surface area contributed by atoms with Crippen LogP contribution in [0, 0.1) is 5.92 Å². The summed E-state index contributed by atoms with van der Waals surface area (Å²) in [6, 6.07) is 2.16. The van der Waals surface area contributed by atoms with E-state index in [-0.39, 0.29) is 18.3 Å². The minimum absolute atomic E-state index is 0. The zero-order valence-corrected chi connectivity index (χ0v) is 13.8. The Morgan fingerprint density at radius 1 is 1.48 bits per heavy atom. The summed E-state index contributed by atoms with van der Waals surface area (Å²) in [7, 11) is 0. The molecule has 1 fully saturated rings. The molecule has 2 heterocycles. The van der Waals surface area contributed by atoms with Crippen molar-refractivity contribution in [2.24, 2.45) is 11.7 Å². The summed E-state index contributed by atoms with van der Waals surface area (Å²) in [6.45, 7) is 5.67. The lowest BCUT2D eigenvalue weighted by Crippen LogP contribution is -2.43. The van der Waals surface area contributed by atoms with E-state index >= 15 is 0 Å². The predicted octanol–water partition coefficient (Wildman–Crippen LogP) is 3.59. The van der Waals surface area contributed by atoms with Crippen molar-refractivity contribution < 1.29 is 9.21 Å². The van der Waals surface area contributed by atoms with Crippen molar-refractivity contribution in [3.05, 3.63) is 23.7 Å². The molecule has 120 valence electrons. The maximum atomic E-state index is 12.6. The van der Waals surface area contributed by atoms with Crippen molar-refractivity contribution in [3.63, 3.8) is 0 Å². The van der Waals surface area contributed by atoms with Crippen molar-refractivity contribution in [1.82, 2.24) is 4.90 Å². The van der Waals surface area contributed by atoms with E-state index in [0.717, 1.165) is 25.8 Å². The first-order valence-electron chi connectivity index (χ1n) is 7.70. The summed E-state index contributed by atoms with van der Waals surface area (Å²) in [5, 5.41) is 0. The number of furan rings is 1. The van der Waals surface area contributed by atoms with Crippen LogP contribution in [0.5, 0.6) is 0 Å². The van der Waals surface area contributed by atoms with Crippen LogP contribution < -0.4 is 5.73 Å². The quantitative estimate of drug-likeness (QED) is 0.903. The summed E-state index contributed by atoms with van der Waals surface area (Å²) in [4.78, 5) is 14.6. The standard InChI is InChI=1S/C16H26N2O2.ClH/c1-12(2)6-7-14-5-3-4-8-18(14)16(19)13-9-15(10-17)20-11-13;/h9,11-12,14H,3-8,10,17H2,1-2H3;1H. The zero-order chi connectivity index (χ0) is 14.5. The van der Waals surface area contributed by atoms with Crippen molar-refractivity contribution in [1.29, 1.82) is 0 Å². The predicted molar refractivity (Wildman–Crippen MR) is 86.6 cm³/mol. The van der Waals surface area contributed by atoms with E-state index in [0.29, 0.717) is 29.8 Å². The summed E-state index contributed by atoms with van der Waals surface area (Å²) < 4.78 is 5.29. The molecule has 1 aliphatic heterocycles. The molecule has 21 heavy (non-hydrogen) atoms. The molecule has 1 unspecified atom stereocenters. The van der Waals surface area contributed by atoms with Gasteiger partial charge in [-0.25, -0.2) is 0 Å². The molecule has 0 bridgehead atoms. The Bertz CT molecular complexity index is 445. The Morgan fingerprint density at radius 2 is 2.24 bits per heavy atom. The number of piperidine rings is 1. The number of nitrogens with two attached hydrogens (primary N) is 1. The Morgan fingerprint density at radius 3 is 2.86 bits per heavy atom. The summed E-state index contributed by atoms with van der Waals surface area (Å²) in [6.07, 6.45) is 7.27. The van der Waals surface area contributed by atoms with Crippen molar-refractivity contribution in [3.8, 4) is 0 Å². The smallest absolute Gasteiger partial charge is 0.257 e. The lowest BCUT2D eigenvalue weighted by atomic mass is 9.94. The Labute approximate surface area is 133 Å². The molecule has 1 aliphatic rings. The zero-order valence-electron chi connectivity index (χ0n) is 13.0. The number of rotatable bonds is 5. The van der Waals surface area contributed by atoms with E-state index in [2.05, 4.69) is 13.8 Å². The monoisotopic (exact) mass is 314 g/mol. The maximum Gasteiger partial charge on any atom is 0.257 e. The highest BCUT2D eigenvalue weighted by Gasteiger charge is 2.28. The molecule has 1 aromatic heterocycles. The number of hydrogen-bond acceptors (Lipinski definition) is 3. The van der Waals surface area contributed by atoms with Crippen LogP contribution in [0.15, 0.2) is 16.7 Å². The van der Waals surface area contributed by atoms with Gasteiger partial charge in [-0.3, -0.25) is 4.79 Å². The molecule has 1 amide bonds. The van der Waals surface area contributed by atoms with E-state index in [1.165, 1.54) is 12.8 Å². The molecule has 0 saturated carbocycles. The van der Waals surface area contributed by atoms with Crippen LogP contribution in [-0.2, 0) is 6.54 Å². The van der Waals surface area contributed by atoms with Gasteiger partial charge in [-0.05, 0) is 44.1 Å². The number of nitrogens with zero attached hydrogens (tertiary/aromatic N) is 1. The van der Waals surface area contributed by atoms with Crippen LogP contribution in [0.1, 0.15) is 62.1 Å². The normalized spacial score (nSPS) is 18.7. The van der Waals surface area contributed by atoms with E-state index in [9.17, 15) is 4.79 Å². The molecule has 1 saturated heterocycles. The highest BCUT2D eigenvalue weighted by molar-refractivity contribution is 5.94. The lowest BCUT2D eigenvalue weighted by Gasteiger charge is -2.36. The number of amides is 1. The van der Waals surface area contributed by atoms with Gasteiger partial charge in [0.15, 0.2) is 0 Å². The lowest BCUT2D eigenvalue weighted by molar-refractivity contribution is 0.0593. The summed E-state index contributed by atoms with van der Waals surface area (Å²) >= 11 is 0. The van der Waals surface area contributed by atoms with Crippen LogP contribution in [0.4, 0.5) is 0 Å². The molecule has 4 nitrogen and oxygen atoms in total. The number of carbonyl (C=O) groups is 1. The molecule has 0 radical (unpaired) electrons. The third-order valence-corrected chi connectivity index (χ3v) is 4.07. The van der Waals surface area contributed by atoms with Crippen molar-refractivity contribution in [2.45, 2.75) is 58.5 Å². The summed E-state index contributed by atoms with van der Waals surface area (Å²) in [5.41, 5.74) is 6.17. The molecule has 0 aromatic carbocycles. The Balaban J connectivity index is 0.00000220. The first-order valence-corrected chi connectivity index (χ1v) is 7.70.